The average molecular weight is 417 g/mol. The minimum Gasteiger partial charge on any atom is -0.462 e. The molecule has 150 valence electrons. The summed E-state index contributed by atoms with van der Waals surface area (Å²) in [6.07, 6.45) is 4.14. The van der Waals surface area contributed by atoms with Gasteiger partial charge in [0.2, 0.25) is 0 Å². The van der Waals surface area contributed by atoms with Gasteiger partial charge in [0.1, 0.15) is 11.9 Å². The number of benzene rings is 1. The number of dihydropyridines is 1. The molecule has 2 heterocycles. The summed E-state index contributed by atoms with van der Waals surface area (Å²) in [6, 6.07) is 9.97. The number of hydrogen-bond acceptors (Lipinski definition) is 7. The molecule has 7 heteroatoms. The van der Waals surface area contributed by atoms with E-state index in [0.29, 0.717) is 35.1 Å². The first kappa shape index (κ1) is 18.7. The lowest BCUT2D eigenvalue weighted by atomic mass is 9.80. The number of nitrogens with zero attached hydrogens (tertiary/aromatic N) is 2. The van der Waals surface area contributed by atoms with E-state index in [1.54, 1.807) is 6.07 Å². The van der Waals surface area contributed by atoms with E-state index in [1.807, 2.05) is 17.5 Å². The summed E-state index contributed by atoms with van der Waals surface area (Å²) in [5.41, 5.74) is 9.25. The zero-order valence-electron chi connectivity index (χ0n) is 16.3. The highest BCUT2D eigenvalue weighted by atomic mass is 32.1. The molecule has 0 saturated heterocycles. The van der Waals surface area contributed by atoms with Crippen LogP contribution >= 0.6 is 11.3 Å². The second kappa shape index (κ2) is 7.19. The first-order valence-corrected chi connectivity index (χ1v) is 11.0. The lowest BCUT2D eigenvalue weighted by molar-refractivity contribution is -0.139. The molecule has 1 unspecified atom stereocenters. The number of nitrogens with one attached hydrogen (secondary N) is 1. The maximum atomic E-state index is 13.3. The Balaban J connectivity index is 1.67. The number of nitriles is 2. The Morgan fingerprint density at radius 3 is 2.70 bits per heavy atom. The normalized spacial score (nSPS) is 21.2. The molecule has 2 fully saturated rings. The van der Waals surface area contributed by atoms with Crippen LogP contribution in [0, 0.1) is 34.5 Å². The summed E-state index contributed by atoms with van der Waals surface area (Å²) in [5, 5.41) is 25.3. The molecule has 1 aliphatic heterocycles. The van der Waals surface area contributed by atoms with Crippen molar-refractivity contribution in [2.45, 2.75) is 31.6 Å². The predicted molar refractivity (Wildman–Crippen MR) is 113 cm³/mol. The van der Waals surface area contributed by atoms with Gasteiger partial charge in [0, 0.05) is 5.70 Å². The van der Waals surface area contributed by atoms with Crippen molar-refractivity contribution in [3.05, 3.63) is 57.4 Å². The minimum absolute atomic E-state index is 0.231. The Morgan fingerprint density at radius 1 is 1.23 bits per heavy atom. The molecule has 0 amide bonds. The van der Waals surface area contributed by atoms with E-state index in [-0.39, 0.29) is 11.9 Å². The summed E-state index contributed by atoms with van der Waals surface area (Å²) in [7, 11) is 0. The van der Waals surface area contributed by atoms with E-state index in [1.165, 1.54) is 11.3 Å². The summed E-state index contributed by atoms with van der Waals surface area (Å²) >= 11 is 1.45. The average Bonchev–Trinajstić information content (AvgIpc) is 3.68. The molecule has 0 radical (unpaired) electrons. The fourth-order valence-electron chi connectivity index (χ4n) is 4.04. The van der Waals surface area contributed by atoms with Gasteiger partial charge < -0.3 is 15.8 Å². The first-order chi connectivity index (χ1) is 14.6. The van der Waals surface area contributed by atoms with Gasteiger partial charge in [0.15, 0.2) is 0 Å². The zero-order chi connectivity index (χ0) is 20.8. The molecule has 2 aromatic rings. The van der Waals surface area contributed by atoms with Gasteiger partial charge in [0.05, 0.1) is 40.0 Å². The molecular weight excluding hydrogens is 396 g/mol. The van der Waals surface area contributed by atoms with Crippen molar-refractivity contribution in [3.63, 3.8) is 0 Å². The Morgan fingerprint density at radius 2 is 2.03 bits per heavy atom. The molecule has 1 atom stereocenters. The van der Waals surface area contributed by atoms with Crippen LogP contribution in [0.3, 0.4) is 0 Å². The molecule has 5 rings (SSSR count). The van der Waals surface area contributed by atoms with Gasteiger partial charge in [-0.1, -0.05) is 12.1 Å². The van der Waals surface area contributed by atoms with Crippen LogP contribution in [-0.2, 0) is 9.53 Å². The topological polar surface area (TPSA) is 112 Å². The van der Waals surface area contributed by atoms with Gasteiger partial charge in [-0.05, 0) is 59.9 Å². The molecule has 0 spiro atoms. The highest BCUT2D eigenvalue weighted by Gasteiger charge is 2.42. The van der Waals surface area contributed by atoms with Crippen molar-refractivity contribution in [3.8, 4) is 12.1 Å². The Labute approximate surface area is 178 Å². The monoisotopic (exact) mass is 416 g/mol. The van der Waals surface area contributed by atoms with Gasteiger partial charge in [-0.15, -0.1) is 11.3 Å². The standard InChI is InChI=1S/C23H20N4O2S/c24-8-14-2-1-3-15-17(11-30-21(14)15)18-16(9-25)22(26)27-20(13-6-7-13)19(18)23(28)29-10-12-4-5-12/h1-3,11-13,18,27H,4-7,10,26H2. The molecule has 1 aromatic heterocycles. The molecule has 3 N–H and O–H groups in total. The van der Waals surface area contributed by atoms with Crippen molar-refractivity contribution in [2.24, 2.45) is 17.6 Å². The minimum atomic E-state index is -0.596. The Bertz CT molecular complexity index is 1200. The lowest BCUT2D eigenvalue weighted by Gasteiger charge is -2.29. The molecule has 1 aromatic carbocycles. The molecule has 2 aliphatic carbocycles. The third-order valence-corrected chi connectivity index (χ3v) is 7.01. The van der Waals surface area contributed by atoms with E-state index in [2.05, 4.69) is 17.5 Å². The number of nitrogens with two attached hydrogens (primary N) is 1. The molecule has 3 aliphatic rings. The molecule has 30 heavy (non-hydrogen) atoms. The third kappa shape index (κ3) is 3.12. The van der Waals surface area contributed by atoms with E-state index >= 15 is 0 Å². The summed E-state index contributed by atoms with van der Waals surface area (Å²) < 4.78 is 6.52. The number of ether oxygens (including phenoxy) is 1. The zero-order valence-corrected chi connectivity index (χ0v) is 17.1. The van der Waals surface area contributed by atoms with Crippen LogP contribution in [0.1, 0.15) is 42.7 Å². The van der Waals surface area contributed by atoms with Crippen LogP contribution in [0.15, 0.2) is 46.2 Å². The van der Waals surface area contributed by atoms with Crippen LogP contribution in [0.4, 0.5) is 0 Å². The molecule has 6 nitrogen and oxygen atoms in total. The van der Waals surface area contributed by atoms with Gasteiger partial charge in [-0.3, -0.25) is 0 Å². The molecule has 2 saturated carbocycles. The second-order valence-corrected chi connectivity index (χ2v) is 9.01. The highest BCUT2D eigenvalue weighted by Crippen LogP contribution is 2.48. The van der Waals surface area contributed by atoms with E-state index in [0.717, 1.165) is 47.0 Å². The number of thiophene rings is 1. The number of allylic oxidation sites excluding steroid dienone is 2. The van der Waals surface area contributed by atoms with Crippen LogP contribution < -0.4 is 11.1 Å². The lowest BCUT2D eigenvalue weighted by Crippen LogP contribution is -2.34. The largest absolute Gasteiger partial charge is 0.462 e. The smallest absolute Gasteiger partial charge is 0.336 e. The highest BCUT2D eigenvalue weighted by molar-refractivity contribution is 7.17. The fourth-order valence-corrected chi connectivity index (χ4v) is 5.10. The SMILES string of the molecule is N#CC1=C(N)NC(C2CC2)=C(C(=O)OCC2CC2)C1c1csc2c(C#N)cccc12. The first-order valence-electron chi connectivity index (χ1n) is 10.1. The van der Waals surface area contributed by atoms with Crippen LogP contribution in [-0.4, -0.2) is 12.6 Å². The second-order valence-electron chi connectivity index (χ2n) is 8.13. The van der Waals surface area contributed by atoms with E-state index in [4.69, 9.17) is 10.5 Å². The maximum absolute atomic E-state index is 13.3. The number of carbonyl (C=O) groups excluding carboxylic acids is 1. The number of hydrogen-bond donors (Lipinski definition) is 2. The van der Waals surface area contributed by atoms with Gasteiger partial charge in [0.25, 0.3) is 0 Å². The predicted octanol–water partition coefficient (Wildman–Crippen LogP) is 3.77. The summed E-state index contributed by atoms with van der Waals surface area (Å²) in [4.78, 5) is 13.3. The van der Waals surface area contributed by atoms with Gasteiger partial charge in [-0.25, -0.2) is 4.79 Å². The Hall–Kier alpha value is -3.29. The Kier molecular flexibility index (Phi) is 4.49. The number of fused-ring (bicyclic) bond motifs is 1. The van der Waals surface area contributed by atoms with Gasteiger partial charge >= 0.3 is 5.97 Å². The number of rotatable bonds is 5. The van der Waals surface area contributed by atoms with Crippen molar-refractivity contribution in [2.75, 3.05) is 6.61 Å². The molecular formula is C23H20N4O2S. The van der Waals surface area contributed by atoms with Crippen LogP contribution in [0.25, 0.3) is 10.1 Å². The molecule has 0 bridgehead atoms. The number of carbonyl (C=O) groups is 1. The van der Waals surface area contributed by atoms with Crippen molar-refractivity contribution in [1.29, 1.82) is 10.5 Å². The summed E-state index contributed by atoms with van der Waals surface area (Å²) in [5.74, 6) is -0.00279. The number of esters is 1. The van der Waals surface area contributed by atoms with E-state index < -0.39 is 5.92 Å². The third-order valence-electron chi connectivity index (χ3n) is 5.96. The van der Waals surface area contributed by atoms with Crippen molar-refractivity contribution >= 4 is 27.4 Å². The van der Waals surface area contributed by atoms with Gasteiger partial charge in [-0.2, -0.15) is 10.5 Å². The van der Waals surface area contributed by atoms with Crippen LogP contribution in [0.2, 0.25) is 0 Å². The summed E-state index contributed by atoms with van der Waals surface area (Å²) in [6.45, 7) is 0.414. The maximum Gasteiger partial charge on any atom is 0.336 e. The van der Waals surface area contributed by atoms with Crippen molar-refractivity contribution in [1.82, 2.24) is 5.32 Å². The van der Waals surface area contributed by atoms with Crippen LogP contribution in [0.5, 0.6) is 0 Å². The fraction of sp³-hybridized carbons (Fsp3) is 0.348. The van der Waals surface area contributed by atoms with Crippen molar-refractivity contribution < 1.29 is 9.53 Å². The van der Waals surface area contributed by atoms with E-state index in [9.17, 15) is 15.3 Å². The quantitative estimate of drug-likeness (QED) is 0.718.